The number of aryl methyl sites for hydroxylation is 2. The van der Waals surface area contributed by atoms with Crippen molar-refractivity contribution in [2.24, 2.45) is 0 Å². The molecule has 0 aliphatic carbocycles. The van der Waals surface area contributed by atoms with Crippen LogP contribution in [0.5, 0.6) is 0 Å². The van der Waals surface area contributed by atoms with E-state index >= 15 is 0 Å². The van der Waals surface area contributed by atoms with Crippen LogP contribution in [0.15, 0.2) is 60.8 Å². The van der Waals surface area contributed by atoms with Crippen LogP contribution in [0.2, 0.25) is 5.02 Å². The van der Waals surface area contributed by atoms with Gasteiger partial charge in [-0.2, -0.15) is 0 Å². The average Bonchev–Trinajstić information content (AvgIpc) is 3.30. The molecular weight excluding hydrogens is 448 g/mol. The van der Waals surface area contributed by atoms with Crippen LogP contribution in [0.1, 0.15) is 41.8 Å². The monoisotopic (exact) mass is 478 g/mol. The summed E-state index contributed by atoms with van der Waals surface area (Å²) in [6, 6.07) is 17.3. The van der Waals surface area contributed by atoms with Crippen molar-refractivity contribution in [1.82, 2.24) is 14.4 Å². The molecule has 2 heterocycles. The number of carbonyl (C=O) groups is 2. The number of fused-ring (bicyclic) bond motifs is 1. The lowest BCUT2D eigenvalue weighted by Gasteiger charge is -2.38. The summed E-state index contributed by atoms with van der Waals surface area (Å²) in [6.45, 7) is 7.79. The summed E-state index contributed by atoms with van der Waals surface area (Å²) < 4.78 is 2.20. The predicted molar refractivity (Wildman–Crippen MR) is 136 cm³/mol. The maximum Gasteiger partial charge on any atom is 0.322 e. The molecule has 4 rings (SSSR count). The lowest BCUT2D eigenvalue weighted by Crippen LogP contribution is -2.48. The van der Waals surface area contributed by atoms with Gasteiger partial charge in [-0.1, -0.05) is 54.4 Å². The molecule has 3 aromatic rings. The van der Waals surface area contributed by atoms with Crippen LogP contribution in [-0.2, 0) is 11.3 Å². The first-order valence-electron chi connectivity index (χ1n) is 11.7. The number of nitrogens with zero attached hydrogens (tertiary/aromatic N) is 3. The molecule has 178 valence electrons. The Morgan fingerprint density at radius 3 is 2.56 bits per heavy atom. The van der Waals surface area contributed by atoms with Crippen LogP contribution < -0.4 is 5.32 Å². The van der Waals surface area contributed by atoms with E-state index in [0.717, 1.165) is 29.8 Å². The van der Waals surface area contributed by atoms with Gasteiger partial charge in [0.25, 0.3) is 0 Å². The fraction of sp³-hybridized carbons (Fsp3) is 0.333. The molecule has 0 radical (unpaired) electrons. The Kier molecular flexibility index (Phi) is 7.27. The zero-order chi connectivity index (χ0) is 24.2. The lowest BCUT2D eigenvalue weighted by atomic mass is 9.98. The highest BCUT2D eigenvalue weighted by Crippen LogP contribution is 2.32. The van der Waals surface area contributed by atoms with Gasteiger partial charge in [-0.25, -0.2) is 4.79 Å². The minimum absolute atomic E-state index is 0.0162. The first kappa shape index (κ1) is 23.9. The zero-order valence-electron chi connectivity index (χ0n) is 19.9. The number of aromatic nitrogens is 1. The van der Waals surface area contributed by atoms with E-state index in [2.05, 4.69) is 53.3 Å². The third-order valence-electron chi connectivity index (χ3n) is 6.28. The van der Waals surface area contributed by atoms with E-state index in [9.17, 15) is 9.59 Å². The van der Waals surface area contributed by atoms with E-state index in [-0.39, 0.29) is 24.5 Å². The number of hydrogen-bond acceptors (Lipinski definition) is 2. The maximum atomic E-state index is 13.6. The molecule has 0 saturated heterocycles. The Hall–Kier alpha value is -3.25. The van der Waals surface area contributed by atoms with E-state index in [1.165, 1.54) is 5.56 Å². The molecule has 0 bridgehead atoms. The summed E-state index contributed by atoms with van der Waals surface area (Å²) in [5, 5.41) is 3.48. The van der Waals surface area contributed by atoms with Gasteiger partial charge in [0.15, 0.2) is 0 Å². The molecule has 1 aromatic heterocycles. The number of carbonyl (C=O) groups excluding carboxylic acids is 2. The second kappa shape index (κ2) is 10.3. The Morgan fingerprint density at radius 1 is 1.09 bits per heavy atom. The van der Waals surface area contributed by atoms with Gasteiger partial charge in [0.1, 0.15) is 6.54 Å². The third-order valence-corrected chi connectivity index (χ3v) is 6.69. The quantitative estimate of drug-likeness (QED) is 0.498. The lowest BCUT2D eigenvalue weighted by molar-refractivity contribution is -0.134. The van der Waals surface area contributed by atoms with Gasteiger partial charge in [-0.15, -0.1) is 0 Å². The Morgan fingerprint density at radius 2 is 1.85 bits per heavy atom. The molecule has 1 N–H and O–H groups in total. The van der Waals surface area contributed by atoms with E-state index < -0.39 is 0 Å². The summed E-state index contributed by atoms with van der Waals surface area (Å²) in [4.78, 5) is 30.1. The molecule has 1 unspecified atom stereocenters. The van der Waals surface area contributed by atoms with Crippen LogP contribution in [0.4, 0.5) is 10.5 Å². The standard InChI is InChI=1S/C27H31ClN4O2/c1-4-13-31(27(34)29-22-12-9-20(3)23(28)17-22)18-25(33)32-16-15-30-14-5-6-24(30)26(32)21-10-7-19(2)8-11-21/h5-12,14,17,26H,4,13,15-16,18H2,1-3H3,(H,29,34). The molecule has 0 fully saturated rings. The fourth-order valence-corrected chi connectivity index (χ4v) is 4.58. The average molecular weight is 479 g/mol. The highest BCUT2D eigenvalue weighted by molar-refractivity contribution is 6.31. The number of urea groups is 1. The predicted octanol–water partition coefficient (Wildman–Crippen LogP) is 5.63. The number of anilines is 1. The van der Waals surface area contributed by atoms with Crippen molar-refractivity contribution in [2.75, 3.05) is 25.0 Å². The molecule has 0 spiro atoms. The number of nitrogens with one attached hydrogen (secondary N) is 1. The number of rotatable bonds is 6. The summed E-state index contributed by atoms with van der Waals surface area (Å²) in [5.41, 5.74) is 4.89. The van der Waals surface area contributed by atoms with Gasteiger partial charge in [-0.3, -0.25) is 4.79 Å². The van der Waals surface area contributed by atoms with Crippen molar-refractivity contribution in [3.8, 4) is 0 Å². The largest absolute Gasteiger partial charge is 0.348 e. The van der Waals surface area contributed by atoms with Crippen molar-refractivity contribution < 1.29 is 9.59 Å². The van der Waals surface area contributed by atoms with E-state index in [1.807, 2.05) is 36.9 Å². The molecule has 0 saturated carbocycles. The second-order valence-electron chi connectivity index (χ2n) is 8.84. The highest BCUT2D eigenvalue weighted by Gasteiger charge is 2.33. The number of amides is 3. The van der Waals surface area contributed by atoms with Crippen molar-refractivity contribution in [3.63, 3.8) is 0 Å². The SMILES string of the molecule is CCCN(CC(=O)N1CCn2cccc2C1c1ccc(C)cc1)C(=O)Nc1ccc(C)c(Cl)c1. The third kappa shape index (κ3) is 5.12. The van der Waals surface area contributed by atoms with Crippen molar-refractivity contribution >= 4 is 29.2 Å². The van der Waals surface area contributed by atoms with Crippen LogP contribution in [-0.4, -0.2) is 45.9 Å². The normalized spacial score (nSPS) is 15.1. The number of benzene rings is 2. The number of hydrogen-bond donors (Lipinski definition) is 1. The van der Waals surface area contributed by atoms with Gasteiger partial charge in [0.2, 0.25) is 5.91 Å². The minimum atomic E-state index is -0.303. The number of halogens is 1. The Bertz CT molecular complexity index is 1170. The maximum absolute atomic E-state index is 13.6. The molecule has 1 aliphatic heterocycles. The van der Waals surface area contributed by atoms with E-state index in [0.29, 0.717) is 23.8 Å². The zero-order valence-corrected chi connectivity index (χ0v) is 20.7. The molecule has 1 aliphatic rings. The van der Waals surface area contributed by atoms with Crippen molar-refractivity contribution in [3.05, 3.63) is 88.2 Å². The van der Waals surface area contributed by atoms with Gasteiger partial charge in [-0.05, 0) is 55.7 Å². The van der Waals surface area contributed by atoms with Gasteiger partial charge in [0.05, 0.1) is 6.04 Å². The first-order valence-corrected chi connectivity index (χ1v) is 12.1. The van der Waals surface area contributed by atoms with E-state index in [1.54, 1.807) is 11.0 Å². The van der Waals surface area contributed by atoms with Crippen LogP contribution in [0.3, 0.4) is 0 Å². The molecule has 7 heteroatoms. The Labute approximate surface area is 206 Å². The van der Waals surface area contributed by atoms with Crippen LogP contribution in [0, 0.1) is 13.8 Å². The van der Waals surface area contributed by atoms with Gasteiger partial charge in [0, 0.05) is 42.2 Å². The molecule has 3 amide bonds. The van der Waals surface area contributed by atoms with Crippen LogP contribution >= 0.6 is 11.6 Å². The molecule has 2 aromatic carbocycles. The molecule has 6 nitrogen and oxygen atoms in total. The minimum Gasteiger partial charge on any atom is -0.348 e. The molecule has 34 heavy (non-hydrogen) atoms. The van der Waals surface area contributed by atoms with E-state index in [4.69, 9.17) is 11.6 Å². The van der Waals surface area contributed by atoms with Crippen molar-refractivity contribution in [1.29, 1.82) is 0 Å². The summed E-state index contributed by atoms with van der Waals surface area (Å²) in [5.74, 6) is -0.0661. The topological polar surface area (TPSA) is 57.6 Å². The fourth-order valence-electron chi connectivity index (χ4n) is 4.40. The smallest absolute Gasteiger partial charge is 0.322 e. The van der Waals surface area contributed by atoms with Crippen molar-refractivity contribution in [2.45, 2.75) is 39.8 Å². The molecule has 1 atom stereocenters. The second-order valence-corrected chi connectivity index (χ2v) is 9.25. The highest BCUT2D eigenvalue weighted by atomic mass is 35.5. The van der Waals surface area contributed by atoms with Gasteiger partial charge < -0.3 is 19.7 Å². The Balaban J connectivity index is 1.54. The van der Waals surface area contributed by atoms with Crippen LogP contribution in [0.25, 0.3) is 0 Å². The summed E-state index contributed by atoms with van der Waals surface area (Å²) in [7, 11) is 0. The molecular formula is C27H31ClN4O2. The summed E-state index contributed by atoms with van der Waals surface area (Å²) >= 11 is 6.21. The summed E-state index contributed by atoms with van der Waals surface area (Å²) in [6.07, 6.45) is 2.81. The first-order chi connectivity index (χ1) is 16.4. The van der Waals surface area contributed by atoms with Gasteiger partial charge >= 0.3 is 6.03 Å².